The molecule has 0 N–H and O–H groups in total. The van der Waals surface area contributed by atoms with Crippen molar-refractivity contribution in [3.8, 4) is 11.1 Å². The molecule has 0 spiro atoms. The Morgan fingerprint density at radius 2 is 1.71 bits per heavy atom. The van der Waals surface area contributed by atoms with Crippen LogP contribution < -0.4 is 0 Å². The third kappa shape index (κ3) is 4.90. The predicted molar refractivity (Wildman–Crippen MR) is 115 cm³/mol. The number of benzene rings is 2. The molecule has 0 aromatic heterocycles. The Morgan fingerprint density at radius 3 is 2.39 bits per heavy atom. The lowest BCUT2D eigenvalue weighted by molar-refractivity contribution is 0.0988. The van der Waals surface area contributed by atoms with Crippen molar-refractivity contribution < 1.29 is 9.18 Å². The number of carbonyl (C=O) groups is 1. The number of hydrogen-bond acceptors (Lipinski definition) is 1. The molecule has 0 heterocycles. The summed E-state index contributed by atoms with van der Waals surface area (Å²) in [5.74, 6) is 1.22. The lowest BCUT2D eigenvalue weighted by Crippen LogP contribution is -2.15. The molecule has 0 unspecified atom stereocenters. The van der Waals surface area contributed by atoms with Gasteiger partial charge < -0.3 is 0 Å². The van der Waals surface area contributed by atoms with Gasteiger partial charge >= 0.3 is 0 Å². The number of halogens is 1. The summed E-state index contributed by atoms with van der Waals surface area (Å²) in [6.45, 7) is 4.15. The van der Waals surface area contributed by atoms with Crippen molar-refractivity contribution in [1.82, 2.24) is 0 Å². The average Bonchev–Trinajstić information content (AvgIpc) is 2.74. The average molecular weight is 381 g/mol. The van der Waals surface area contributed by atoms with E-state index in [1.165, 1.54) is 44.6 Å². The second-order valence-corrected chi connectivity index (χ2v) is 8.27. The Kier molecular flexibility index (Phi) is 7.42. The Labute approximate surface area is 169 Å². The lowest BCUT2D eigenvalue weighted by Gasteiger charge is -2.30. The van der Waals surface area contributed by atoms with Gasteiger partial charge in [-0.3, -0.25) is 4.79 Å². The monoisotopic (exact) mass is 380 g/mol. The van der Waals surface area contributed by atoms with Crippen molar-refractivity contribution in [2.24, 2.45) is 5.92 Å². The highest BCUT2D eigenvalue weighted by molar-refractivity contribution is 5.96. The molecule has 1 aliphatic rings. The standard InChI is InChI=1S/C26H33FO/c1-3-5-6-9-19-12-14-20(15-13-19)24-18-21(26(28)4-2)16-17-22(24)23-10-7-8-11-25(23)27/h7-8,10-11,16-20H,3-6,9,12-15H2,1-2H3. The van der Waals surface area contributed by atoms with Gasteiger partial charge in [0.05, 0.1) is 0 Å². The Balaban J connectivity index is 1.86. The Bertz CT molecular complexity index is 787. The van der Waals surface area contributed by atoms with Gasteiger partial charge in [-0.05, 0) is 60.8 Å². The SMILES string of the molecule is CCCCCC1CCC(c2cc(C(=O)CC)ccc2-c2ccccc2F)CC1. The molecule has 2 heteroatoms. The Morgan fingerprint density at radius 1 is 0.964 bits per heavy atom. The molecule has 0 aliphatic heterocycles. The van der Waals surface area contributed by atoms with Crippen molar-refractivity contribution in [1.29, 1.82) is 0 Å². The third-order valence-electron chi connectivity index (χ3n) is 6.36. The summed E-state index contributed by atoms with van der Waals surface area (Å²) >= 11 is 0. The quantitative estimate of drug-likeness (QED) is 0.335. The molecule has 1 aliphatic carbocycles. The minimum atomic E-state index is -0.188. The van der Waals surface area contributed by atoms with Crippen molar-refractivity contribution in [2.75, 3.05) is 0 Å². The summed E-state index contributed by atoms with van der Waals surface area (Å²) in [5.41, 5.74) is 3.54. The predicted octanol–water partition coefficient (Wildman–Crippen LogP) is 7.94. The van der Waals surface area contributed by atoms with Crippen LogP contribution in [0, 0.1) is 11.7 Å². The minimum Gasteiger partial charge on any atom is -0.294 e. The molecule has 28 heavy (non-hydrogen) atoms. The first-order valence-corrected chi connectivity index (χ1v) is 11.1. The zero-order valence-electron chi connectivity index (χ0n) is 17.3. The zero-order chi connectivity index (χ0) is 19.9. The number of Topliss-reactive ketones (excluding diaryl/α,β-unsaturated/α-hetero) is 1. The van der Waals surface area contributed by atoms with Crippen LogP contribution in [0.5, 0.6) is 0 Å². The number of ketones is 1. The van der Waals surface area contributed by atoms with Crippen molar-refractivity contribution in [2.45, 2.75) is 77.6 Å². The van der Waals surface area contributed by atoms with Crippen LogP contribution in [-0.2, 0) is 0 Å². The smallest absolute Gasteiger partial charge is 0.162 e. The topological polar surface area (TPSA) is 17.1 Å². The van der Waals surface area contributed by atoms with Gasteiger partial charge in [0.25, 0.3) is 0 Å². The maximum Gasteiger partial charge on any atom is 0.162 e. The molecule has 0 bridgehead atoms. The molecule has 3 rings (SSSR count). The van der Waals surface area contributed by atoms with Crippen molar-refractivity contribution >= 4 is 5.78 Å². The summed E-state index contributed by atoms with van der Waals surface area (Å²) in [4.78, 5) is 12.3. The summed E-state index contributed by atoms with van der Waals surface area (Å²) in [6.07, 6.45) is 10.6. The van der Waals surface area contributed by atoms with Crippen LogP contribution in [0.15, 0.2) is 42.5 Å². The van der Waals surface area contributed by atoms with E-state index in [4.69, 9.17) is 0 Å². The highest BCUT2D eigenvalue weighted by Gasteiger charge is 2.25. The Hall–Kier alpha value is -1.96. The van der Waals surface area contributed by atoms with Gasteiger partial charge in [-0.25, -0.2) is 4.39 Å². The van der Waals surface area contributed by atoms with E-state index in [9.17, 15) is 9.18 Å². The fourth-order valence-corrected chi connectivity index (χ4v) is 4.65. The van der Waals surface area contributed by atoms with Gasteiger partial charge in [-0.15, -0.1) is 0 Å². The number of rotatable bonds is 8. The van der Waals surface area contributed by atoms with E-state index < -0.39 is 0 Å². The number of carbonyl (C=O) groups excluding carboxylic acids is 1. The largest absolute Gasteiger partial charge is 0.294 e. The van der Waals surface area contributed by atoms with Crippen LogP contribution in [0.4, 0.5) is 4.39 Å². The first-order valence-electron chi connectivity index (χ1n) is 11.1. The van der Waals surface area contributed by atoms with E-state index in [-0.39, 0.29) is 11.6 Å². The molecule has 1 fully saturated rings. The maximum atomic E-state index is 14.5. The molecule has 2 aromatic rings. The van der Waals surface area contributed by atoms with E-state index in [2.05, 4.69) is 13.0 Å². The fraction of sp³-hybridized carbons (Fsp3) is 0.500. The molecule has 0 radical (unpaired) electrons. The van der Waals surface area contributed by atoms with Crippen molar-refractivity contribution in [3.63, 3.8) is 0 Å². The van der Waals surface area contributed by atoms with Crippen LogP contribution in [0.1, 0.15) is 93.5 Å². The minimum absolute atomic E-state index is 0.162. The molecule has 150 valence electrons. The van der Waals surface area contributed by atoms with Crippen LogP contribution in [-0.4, -0.2) is 5.78 Å². The normalized spacial score (nSPS) is 19.5. The highest BCUT2D eigenvalue weighted by atomic mass is 19.1. The molecule has 0 saturated heterocycles. The lowest BCUT2D eigenvalue weighted by atomic mass is 9.75. The van der Waals surface area contributed by atoms with Gasteiger partial charge in [0.1, 0.15) is 5.82 Å². The van der Waals surface area contributed by atoms with Crippen LogP contribution in [0.2, 0.25) is 0 Å². The van der Waals surface area contributed by atoms with E-state index in [0.29, 0.717) is 17.9 Å². The molecular formula is C26H33FO. The van der Waals surface area contributed by atoms with Crippen molar-refractivity contribution in [3.05, 3.63) is 59.4 Å². The summed E-state index contributed by atoms with van der Waals surface area (Å²) < 4.78 is 14.5. The summed E-state index contributed by atoms with van der Waals surface area (Å²) in [5, 5.41) is 0. The van der Waals surface area contributed by atoms with Gasteiger partial charge in [0, 0.05) is 17.5 Å². The first-order chi connectivity index (χ1) is 13.6. The second kappa shape index (κ2) is 10.0. The fourth-order valence-electron chi connectivity index (χ4n) is 4.65. The van der Waals surface area contributed by atoms with Crippen LogP contribution in [0.3, 0.4) is 0 Å². The van der Waals surface area contributed by atoms with Crippen LogP contribution >= 0.6 is 0 Å². The van der Waals surface area contributed by atoms with E-state index >= 15 is 0 Å². The van der Waals surface area contributed by atoms with Crippen LogP contribution in [0.25, 0.3) is 11.1 Å². The molecule has 1 nitrogen and oxygen atoms in total. The molecule has 0 amide bonds. The van der Waals surface area contributed by atoms with Gasteiger partial charge in [0.15, 0.2) is 5.78 Å². The third-order valence-corrected chi connectivity index (χ3v) is 6.36. The van der Waals surface area contributed by atoms with Gasteiger partial charge in [-0.1, -0.05) is 69.9 Å². The number of unbranched alkanes of at least 4 members (excludes halogenated alkanes) is 2. The molecular weight excluding hydrogens is 347 g/mol. The van der Waals surface area contributed by atoms with Gasteiger partial charge in [0.2, 0.25) is 0 Å². The first kappa shape index (κ1) is 20.8. The van der Waals surface area contributed by atoms with E-state index in [1.54, 1.807) is 6.07 Å². The second-order valence-electron chi connectivity index (χ2n) is 8.27. The molecule has 2 aromatic carbocycles. The summed E-state index contributed by atoms with van der Waals surface area (Å²) in [7, 11) is 0. The summed E-state index contributed by atoms with van der Waals surface area (Å²) in [6, 6.07) is 12.9. The molecule has 0 atom stereocenters. The molecule has 1 saturated carbocycles. The number of hydrogen-bond donors (Lipinski definition) is 0. The maximum absolute atomic E-state index is 14.5. The van der Waals surface area contributed by atoms with E-state index in [1.807, 2.05) is 31.2 Å². The van der Waals surface area contributed by atoms with Gasteiger partial charge in [-0.2, -0.15) is 0 Å². The van der Waals surface area contributed by atoms with E-state index in [0.717, 1.165) is 35.4 Å². The highest BCUT2D eigenvalue weighted by Crippen LogP contribution is 2.42. The zero-order valence-corrected chi connectivity index (χ0v) is 17.3.